The first-order valence-corrected chi connectivity index (χ1v) is 10.8. The van der Waals surface area contributed by atoms with E-state index >= 15 is 0 Å². The Morgan fingerprint density at radius 3 is 2.57 bits per heavy atom. The summed E-state index contributed by atoms with van der Waals surface area (Å²) in [6.07, 6.45) is 0.867. The van der Waals surface area contributed by atoms with E-state index in [2.05, 4.69) is 42.4 Å². The first-order chi connectivity index (χ1) is 14.5. The third-order valence-electron chi connectivity index (χ3n) is 4.08. The molecular weight excluding hydrogens is 512 g/mol. The van der Waals surface area contributed by atoms with Gasteiger partial charge in [0, 0.05) is 14.5 Å². The van der Waals surface area contributed by atoms with Gasteiger partial charge in [-0.25, -0.2) is 5.43 Å². The Labute approximate surface area is 192 Å². The maximum Gasteiger partial charge on any atom is 0.280 e. The van der Waals surface area contributed by atoms with E-state index in [-0.39, 0.29) is 5.91 Å². The Balaban J connectivity index is 1.56. The molecule has 1 amide bonds. The number of amides is 1. The monoisotopic (exact) mass is 530 g/mol. The van der Waals surface area contributed by atoms with Crippen LogP contribution in [0.1, 0.15) is 18.1 Å². The molecule has 3 aromatic carbocycles. The number of para-hydroxylation sites is 1. The van der Waals surface area contributed by atoms with Crippen molar-refractivity contribution in [3.05, 3.63) is 92.9 Å². The Bertz CT molecular complexity index is 1020. The van der Waals surface area contributed by atoms with Crippen molar-refractivity contribution in [2.75, 3.05) is 0 Å². The number of ether oxygens (including phenoxy) is 2. The van der Waals surface area contributed by atoms with Gasteiger partial charge in [-0.2, -0.15) is 5.10 Å². The van der Waals surface area contributed by atoms with Gasteiger partial charge in [-0.15, -0.1) is 0 Å². The number of hydrazone groups is 1. The van der Waals surface area contributed by atoms with E-state index in [0.29, 0.717) is 18.1 Å². The standard InChI is InChI=1S/C23H20Br2N2O3/c1-16(30-21-11-9-19(24)10-12-21)23(28)27-26-14-18-6-2-3-8-22(18)29-15-17-5-4-7-20(25)13-17/h2-14,16H,15H2,1H3,(H,27,28)/b26-14-/t16-/m1/s1. The molecule has 0 bridgehead atoms. The van der Waals surface area contributed by atoms with E-state index in [9.17, 15) is 4.79 Å². The molecule has 3 aromatic rings. The summed E-state index contributed by atoms with van der Waals surface area (Å²) < 4.78 is 13.5. The molecule has 0 fully saturated rings. The Morgan fingerprint density at radius 2 is 1.80 bits per heavy atom. The molecule has 0 spiro atoms. The average Bonchev–Trinajstić information content (AvgIpc) is 2.74. The van der Waals surface area contributed by atoms with Gasteiger partial charge in [-0.3, -0.25) is 4.79 Å². The Hall–Kier alpha value is -2.64. The summed E-state index contributed by atoms with van der Waals surface area (Å²) >= 11 is 6.82. The molecule has 0 aliphatic carbocycles. The number of hydrogen-bond acceptors (Lipinski definition) is 4. The van der Waals surface area contributed by atoms with Crippen LogP contribution in [0.4, 0.5) is 0 Å². The summed E-state index contributed by atoms with van der Waals surface area (Å²) in [5, 5.41) is 4.05. The highest BCUT2D eigenvalue weighted by molar-refractivity contribution is 9.10. The zero-order valence-corrected chi connectivity index (χ0v) is 19.4. The lowest BCUT2D eigenvalue weighted by atomic mass is 10.2. The topological polar surface area (TPSA) is 59.9 Å². The number of carbonyl (C=O) groups is 1. The second-order valence-corrected chi connectivity index (χ2v) is 8.24. The lowest BCUT2D eigenvalue weighted by Crippen LogP contribution is -2.33. The summed E-state index contributed by atoms with van der Waals surface area (Å²) in [5.41, 5.74) is 4.31. The van der Waals surface area contributed by atoms with Crippen molar-refractivity contribution in [1.29, 1.82) is 0 Å². The molecule has 3 rings (SSSR count). The highest BCUT2D eigenvalue weighted by Crippen LogP contribution is 2.19. The average molecular weight is 532 g/mol. The van der Waals surface area contributed by atoms with Gasteiger partial charge < -0.3 is 9.47 Å². The molecule has 154 valence electrons. The SMILES string of the molecule is C[C@@H](Oc1ccc(Br)cc1)C(=O)N/N=C\c1ccccc1OCc1cccc(Br)c1. The molecule has 5 nitrogen and oxygen atoms in total. The smallest absolute Gasteiger partial charge is 0.280 e. The highest BCUT2D eigenvalue weighted by Gasteiger charge is 2.14. The molecular formula is C23H20Br2N2O3. The Morgan fingerprint density at radius 1 is 1.03 bits per heavy atom. The van der Waals surface area contributed by atoms with Crippen LogP contribution in [-0.4, -0.2) is 18.2 Å². The van der Waals surface area contributed by atoms with Gasteiger partial charge in [0.2, 0.25) is 0 Å². The molecule has 0 radical (unpaired) electrons. The normalized spacial score (nSPS) is 11.8. The molecule has 0 aliphatic rings. The number of rotatable bonds is 8. The van der Waals surface area contributed by atoms with Crippen molar-refractivity contribution in [2.24, 2.45) is 5.10 Å². The predicted molar refractivity (Wildman–Crippen MR) is 125 cm³/mol. The first-order valence-electron chi connectivity index (χ1n) is 9.22. The number of benzene rings is 3. The summed E-state index contributed by atoms with van der Waals surface area (Å²) in [7, 11) is 0. The predicted octanol–water partition coefficient (Wildman–Crippen LogP) is 5.71. The number of hydrogen-bond donors (Lipinski definition) is 1. The van der Waals surface area contributed by atoms with E-state index in [4.69, 9.17) is 9.47 Å². The number of nitrogens with zero attached hydrogens (tertiary/aromatic N) is 1. The number of nitrogens with one attached hydrogen (secondary N) is 1. The van der Waals surface area contributed by atoms with Crippen LogP contribution in [0.3, 0.4) is 0 Å². The van der Waals surface area contributed by atoms with Crippen LogP contribution in [-0.2, 0) is 11.4 Å². The van der Waals surface area contributed by atoms with Gasteiger partial charge in [-0.05, 0) is 61.0 Å². The molecule has 7 heteroatoms. The quantitative estimate of drug-likeness (QED) is 0.299. The fourth-order valence-corrected chi connectivity index (χ4v) is 3.24. The lowest BCUT2D eigenvalue weighted by molar-refractivity contribution is -0.127. The van der Waals surface area contributed by atoms with Crippen LogP contribution >= 0.6 is 31.9 Å². The van der Waals surface area contributed by atoms with E-state index in [1.54, 1.807) is 25.3 Å². The van der Waals surface area contributed by atoms with Gasteiger partial charge in [0.25, 0.3) is 5.91 Å². The van der Waals surface area contributed by atoms with Crippen LogP contribution in [0.5, 0.6) is 11.5 Å². The van der Waals surface area contributed by atoms with Gasteiger partial charge >= 0.3 is 0 Å². The molecule has 0 aromatic heterocycles. The molecule has 0 aliphatic heterocycles. The van der Waals surface area contributed by atoms with E-state index < -0.39 is 6.10 Å². The fourth-order valence-electron chi connectivity index (χ4n) is 2.53. The van der Waals surface area contributed by atoms with Gasteiger partial charge in [0.05, 0.1) is 6.21 Å². The first kappa shape index (κ1) is 22.1. The molecule has 0 unspecified atom stereocenters. The van der Waals surface area contributed by atoms with Gasteiger partial charge in [-0.1, -0.05) is 56.1 Å². The van der Waals surface area contributed by atoms with Crippen molar-refractivity contribution in [1.82, 2.24) is 5.43 Å². The molecule has 0 saturated carbocycles. The third kappa shape index (κ3) is 6.71. The second kappa shape index (κ2) is 10.9. The van der Waals surface area contributed by atoms with Crippen LogP contribution < -0.4 is 14.9 Å². The van der Waals surface area contributed by atoms with E-state index in [0.717, 1.165) is 20.1 Å². The molecule has 0 saturated heterocycles. The van der Waals surface area contributed by atoms with E-state index in [1.807, 2.05) is 60.7 Å². The molecule has 1 atom stereocenters. The maximum absolute atomic E-state index is 12.2. The lowest BCUT2D eigenvalue weighted by Gasteiger charge is -2.13. The van der Waals surface area contributed by atoms with E-state index in [1.165, 1.54) is 0 Å². The third-order valence-corrected chi connectivity index (χ3v) is 5.10. The van der Waals surface area contributed by atoms with Crippen LogP contribution in [0, 0.1) is 0 Å². The minimum atomic E-state index is -0.689. The van der Waals surface area contributed by atoms with Crippen molar-refractivity contribution in [3.63, 3.8) is 0 Å². The molecule has 30 heavy (non-hydrogen) atoms. The van der Waals surface area contributed by atoms with Crippen LogP contribution in [0.2, 0.25) is 0 Å². The zero-order valence-electron chi connectivity index (χ0n) is 16.2. The maximum atomic E-state index is 12.2. The molecule has 0 heterocycles. The summed E-state index contributed by atoms with van der Waals surface area (Å²) in [4.78, 5) is 12.2. The second-order valence-electron chi connectivity index (χ2n) is 6.40. The van der Waals surface area contributed by atoms with Crippen molar-refractivity contribution < 1.29 is 14.3 Å². The number of carbonyl (C=O) groups excluding carboxylic acids is 1. The zero-order chi connectivity index (χ0) is 21.3. The van der Waals surface area contributed by atoms with Gasteiger partial charge in [0.15, 0.2) is 6.10 Å². The van der Waals surface area contributed by atoms with Crippen molar-refractivity contribution >= 4 is 44.0 Å². The summed E-state index contributed by atoms with van der Waals surface area (Å²) in [5.74, 6) is 0.937. The summed E-state index contributed by atoms with van der Waals surface area (Å²) in [6.45, 7) is 2.09. The largest absolute Gasteiger partial charge is 0.488 e. The van der Waals surface area contributed by atoms with Crippen LogP contribution in [0.25, 0.3) is 0 Å². The minimum absolute atomic E-state index is 0.346. The minimum Gasteiger partial charge on any atom is -0.488 e. The van der Waals surface area contributed by atoms with Crippen LogP contribution in [0.15, 0.2) is 86.8 Å². The van der Waals surface area contributed by atoms with Crippen molar-refractivity contribution in [3.8, 4) is 11.5 Å². The van der Waals surface area contributed by atoms with Crippen molar-refractivity contribution in [2.45, 2.75) is 19.6 Å². The number of halogens is 2. The highest BCUT2D eigenvalue weighted by atomic mass is 79.9. The van der Waals surface area contributed by atoms with Gasteiger partial charge in [0.1, 0.15) is 18.1 Å². The summed E-state index contributed by atoms with van der Waals surface area (Å²) in [6, 6.07) is 22.7. The fraction of sp³-hybridized carbons (Fsp3) is 0.130. The molecule has 1 N–H and O–H groups in total. The Kier molecular flexibility index (Phi) is 8.04.